The molecule has 0 rings (SSSR count). The molecule has 3 N–H and O–H groups in total. The van der Waals surface area contributed by atoms with E-state index < -0.39 is 0 Å². The lowest BCUT2D eigenvalue weighted by atomic mass is 10.3. The zero-order valence-corrected chi connectivity index (χ0v) is 8.32. The molecule has 0 aliphatic carbocycles. The minimum Gasteiger partial charge on any atom is -0.392 e. The molecule has 0 heterocycles. The van der Waals surface area contributed by atoms with Crippen LogP contribution >= 0.6 is 12.2 Å². The highest BCUT2D eigenvalue weighted by atomic mass is 32.1. The standard InChI is InChI=1S/C8H16N2OS/c1-4-6(2)10-8(12)9-5-7(3)11/h4,6-7,11H,1,5H2,2-3H3,(H2,9,10,12). The Morgan fingerprint density at radius 3 is 2.67 bits per heavy atom. The minimum absolute atomic E-state index is 0.152. The Bertz CT molecular complexity index is 159. The number of hydrogen-bond acceptors (Lipinski definition) is 2. The third-order valence-electron chi connectivity index (χ3n) is 1.27. The van der Waals surface area contributed by atoms with Crippen molar-refractivity contribution >= 4 is 17.3 Å². The third kappa shape index (κ3) is 6.12. The molecule has 0 aliphatic heterocycles. The van der Waals surface area contributed by atoms with Gasteiger partial charge in [-0.1, -0.05) is 6.08 Å². The van der Waals surface area contributed by atoms with Crippen LogP contribution in [0.4, 0.5) is 0 Å². The maximum absolute atomic E-state index is 8.92. The van der Waals surface area contributed by atoms with Gasteiger partial charge in [0.25, 0.3) is 0 Å². The predicted molar refractivity (Wildman–Crippen MR) is 55.1 cm³/mol. The molecule has 0 aromatic heterocycles. The third-order valence-corrected chi connectivity index (χ3v) is 1.53. The average Bonchev–Trinajstić information content (AvgIpc) is 2.00. The highest BCUT2D eigenvalue weighted by molar-refractivity contribution is 7.80. The second-order valence-corrected chi connectivity index (χ2v) is 3.14. The maximum Gasteiger partial charge on any atom is 0.166 e. The van der Waals surface area contributed by atoms with Crippen LogP contribution in [0.1, 0.15) is 13.8 Å². The van der Waals surface area contributed by atoms with Crippen molar-refractivity contribution in [2.24, 2.45) is 0 Å². The fourth-order valence-electron chi connectivity index (χ4n) is 0.557. The van der Waals surface area contributed by atoms with Gasteiger partial charge in [0.2, 0.25) is 0 Å². The molecule has 0 aliphatic rings. The van der Waals surface area contributed by atoms with Crippen LogP contribution in [0.2, 0.25) is 0 Å². The van der Waals surface area contributed by atoms with Crippen LogP contribution in [0.5, 0.6) is 0 Å². The minimum atomic E-state index is -0.385. The molecule has 4 heteroatoms. The van der Waals surface area contributed by atoms with E-state index in [1.165, 1.54) is 0 Å². The van der Waals surface area contributed by atoms with Crippen molar-refractivity contribution in [1.29, 1.82) is 0 Å². The largest absolute Gasteiger partial charge is 0.392 e. The van der Waals surface area contributed by atoms with Crippen molar-refractivity contribution in [3.8, 4) is 0 Å². The molecule has 0 aromatic rings. The van der Waals surface area contributed by atoms with E-state index in [-0.39, 0.29) is 12.1 Å². The van der Waals surface area contributed by atoms with Gasteiger partial charge in [-0.05, 0) is 26.1 Å². The Labute approximate surface area is 78.9 Å². The quantitative estimate of drug-likeness (QED) is 0.441. The van der Waals surface area contributed by atoms with Gasteiger partial charge in [0.15, 0.2) is 5.11 Å². The second-order valence-electron chi connectivity index (χ2n) is 2.73. The Morgan fingerprint density at radius 2 is 2.25 bits per heavy atom. The molecule has 0 spiro atoms. The van der Waals surface area contributed by atoms with Crippen molar-refractivity contribution in [2.75, 3.05) is 6.54 Å². The summed E-state index contributed by atoms with van der Waals surface area (Å²) in [5.41, 5.74) is 0. The Kier molecular flexibility index (Phi) is 5.66. The van der Waals surface area contributed by atoms with E-state index in [1.807, 2.05) is 6.92 Å². The summed E-state index contributed by atoms with van der Waals surface area (Å²) >= 11 is 4.93. The summed E-state index contributed by atoms with van der Waals surface area (Å²) in [7, 11) is 0. The summed E-state index contributed by atoms with van der Waals surface area (Å²) in [6.45, 7) is 7.73. The molecule has 0 amide bonds. The van der Waals surface area contributed by atoms with Crippen molar-refractivity contribution in [1.82, 2.24) is 10.6 Å². The van der Waals surface area contributed by atoms with Gasteiger partial charge in [0.05, 0.1) is 6.10 Å². The highest BCUT2D eigenvalue weighted by Crippen LogP contribution is 1.82. The lowest BCUT2D eigenvalue weighted by Crippen LogP contribution is -2.42. The molecule has 0 saturated heterocycles. The van der Waals surface area contributed by atoms with Crippen LogP contribution in [-0.4, -0.2) is 28.9 Å². The molecule has 0 fully saturated rings. The summed E-state index contributed by atoms with van der Waals surface area (Å²) in [6, 6.07) is 0.152. The summed E-state index contributed by atoms with van der Waals surface area (Å²) in [4.78, 5) is 0. The van der Waals surface area contributed by atoms with Crippen LogP contribution in [0.15, 0.2) is 12.7 Å². The molecular weight excluding hydrogens is 172 g/mol. The highest BCUT2D eigenvalue weighted by Gasteiger charge is 2.00. The zero-order valence-electron chi connectivity index (χ0n) is 7.50. The van der Waals surface area contributed by atoms with E-state index in [0.29, 0.717) is 11.7 Å². The molecule has 70 valence electrons. The van der Waals surface area contributed by atoms with Crippen LogP contribution in [0, 0.1) is 0 Å². The lowest BCUT2D eigenvalue weighted by molar-refractivity contribution is 0.198. The fourth-order valence-corrected chi connectivity index (χ4v) is 0.826. The van der Waals surface area contributed by atoms with Gasteiger partial charge in [-0.15, -0.1) is 6.58 Å². The van der Waals surface area contributed by atoms with E-state index in [2.05, 4.69) is 17.2 Å². The molecule has 0 radical (unpaired) electrons. The van der Waals surface area contributed by atoms with E-state index in [1.54, 1.807) is 13.0 Å². The van der Waals surface area contributed by atoms with Crippen LogP contribution < -0.4 is 10.6 Å². The Morgan fingerprint density at radius 1 is 1.67 bits per heavy atom. The van der Waals surface area contributed by atoms with Gasteiger partial charge >= 0.3 is 0 Å². The number of nitrogens with one attached hydrogen (secondary N) is 2. The molecule has 0 aromatic carbocycles. The number of rotatable bonds is 4. The van der Waals surface area contributed by atoms with Crippen molar-refractivity contribution in [2.45, 2.75) is 26.0 Å². The fraction of sp³-hybridized carbons (Fsp3) is 0.625. The van der Waals surface area contributed by atoms with Gasteiger partial charge in [-0.3, -0.25) is 0 Å². The summed E-state index contributed by atoms with van der Waals surface area (Å²) in [5.74, 6) is 0. The first-order chi connectivity index (χ1) is 5.56. The number of aliphatic hydroxyl groups excluding tert-OH is 1. The summed E-state index contributed by atoms with van der Waals surface area (Å²) < 4.78 is 0. The molecule has 2 atom stereocenters. The van der Waals surface area contributed by atoms with Crippen LogP contribution in [0.3, 0.4) is 0 Å². The van der Waals surface area contributed by atoms with E-state index >= 15 is 0 Å². The maximum atomic E-state index is 8.92. The molecule has 3 nitrogen and oxygen atoms in total. The number of hydrogen-bond donors (Lipinski definition) is 3. The predicted octanol–water partition coefficient (Wildman–Crippen LogP) is 0.406. The molecular formula is C8H16N2OS. The van der Waals surface area contributed by atoms with Crippen LogP contribution in [-0.2, 0) is 0 Å². The van der Waals surface area contributed by atoms with Crippen LogP contribution in [0.25, 0.3) is 0 Å². The SMILES string of the molecule is C=CC(C)NC(=S)NCC(C)O. The van der Waals surface area contributed by atoms with E-state index in [4.69, 9.17) is 17.3 Å². The first-order valence-electron chi connectivity index (χ1n) is 3.91. The molecule has 0 bridgehead atoms. The molecule has 0 saturated carbocycles. The topological polar surface area (TPSA) is 44.3 Å². The number of thiocarbonyl (C=S) groups is 1. The zero-order chi connectivity index (χ0) is 9.56. The Hall–Kier alpha value is -0.610. The van der Waals surface area contributed by atoms with Gasteiger partial charge < -0.3 is 15.7 Å². The first-order valence-corrected chi connectivity index (χ1v) is 4.32. The van der Waals surface area contributed by atoms with Gasteiger partial charge in [0.1, 0.15) is 0 Å². The first kappa shape index (κ1) is 11.4. The van der Waals surface area contributed by atoms with Crippen molar-refractivity contribution in [3.63, 3.8) is 0 Å². The summed E-state index contributed by atoms with van der Waals surface area (Å²) in [6.07, 6.45) is 1.37. The number of aliphatic hydroxyl groups is 1. The summed E-state index contributed by atoms with van der Waals surface area (Å²) in [5, 5.41) is 15.3. The van der Waals surface area contributed by atoms with Crippen molar-refractivity contribution in [3.05, 3.63) is 12.7 Å². The average molecular weight is 188 g/mol. The molecule has 2 unspecified atom stereocenters. The van der Waals surface area contributed by atoms with Gasteiger partial charge in [0, 0.05) is 12.6 Å². The normalized spacial score (nSPS) is 14.6. The smallest absolute Gasteiger partial charge is 0.166 e. The second kappa shape index (κ2) is 5.97. The lowest BCUT2D eigenvalue weighted by Gasteiger charge is -2.14. The van der Waals surface area contributed by atoms with Gasteiger partial charge in [-0.2, -0.15) is 0 Å². The van der Waals surface area contributed by atoms with Crippen molar-refractivity contribution < 1.29 is 5.11 Å². The van der Waals surface area contributed by atoms with E-state index in [9.17, 15) is 0 Å². The van der Waals surface area contributed by atoms with E-state index in [0.717, 1.165) is 0 Å². The van der Waals surface area contributed by atoms with Gasteiger partial charge in [-0.25, -0.2) is 0 Å². The Balaban J connectivity index is 3.53. The monoisotopic (exact) mass is 188 g/mol. The molecule has 12 heavy (non-hydrogen) atoms.